The average molecular weight is 411 g/mol. The van der Waals surface area contributed by atoms with Crippen LogP contribution in [0.4, 0.5) is 16.3 Å². The number of likely N-dealkylation sites (tertiary alicyclic amines) is 1. The van der Waals surface area contributed by atoms with Gasteiger partial charge < -0.3 is 20.3 Å². The zero-order valence-electron chi connectivity index (χ0n) is 16.7. The van der Waals surface area contributed by atoms with E-state index in [2.05, 4.69) is 15.6 Å². The molecule has 0 bridgehead atoms. The smallest absolute Gasteiger partial charge is 0.321 e. The number of nitrogens with zero attached hydrogens (tertiary/aromatic N) is 2. The minimum absolute atomic E-state index is 0.111. The van der Waals surface area contributed by atoms with Crippen LogP contribution in [-0.2, 0) is 4.79 Å². The van der Waals surface area contributed by atoms with Crippen LogP contribution < -0.4 is 20.9 Å². The van der Waals surface area contributed by atoms with Gasteiger partial charge in [0, 0.05) is 37.1 Å². The Labute approximate surface area is 174 Å². The Morgan fingerprint density at radius 1 is 1.17 bits per heavy atom. The number of rotatable bonds is 6. The molecule has 30 heavy (non-hydrogen) atoms. The quantitative estimate of drug-likeness (QED) is 0.330. The van der Waals surface area contributed by atoms with Crippen molar-refractivity contribution in [3.8, 4) is 5.75 Å². The van der Waals surface area contributed by atoms with Crippen LogP contribution in [0.5, 0.6) is 5.75 Å². The monoisotopic (exact) mass is 411 g/mol. The number of carbonyl (C=O) groups excluding carboxylic acids is 2. The van der Waals surface area contributed by atoms with Crippen molar-refractivity contribution in [3.63, 3.8) is 0 Å². The topological polar surface area (TPSA) is 116 Å². The van der Waals surface area contributed by atoms with Gasteiger partial charge in [0.2, 0.25) is 0 Å². The molecule has 0 unspecified atom stereocenters. The highest BCUT2D eigenvalue weighted by Crippen LogP contribution is 2.19. The third-order valence-electron chi connectivity index (χ3n) is 4.80. The summed E-state index contributed by atoms with van der Waals surface area (Å²) in [5.74, 6) is 0.882. The van der Waals surface area contributed by atoms with Crippen LogP contribution in [-0.4, -0.2) is 53.3 Å². The fourth-order valence-electron chi connectivity index (χ4n) is 3.11. The number of aromatic nitrogens is 1. The molecule has 2 aromatic rings. The fourth-order valence-corrected chi connectivity index (χ4v) is 3.11. The Balaban J connectivity index is 1.45. The number of amides is 3. The molecule has 3 amide bonds. The van der Waals surface area contributed by atoms with E-state index in [0.717, 1.165) is 35.7 Å². The van der Waals surface area contributed by atoms with E-state index >= 15 is 0 Å². The maximum atomic E-state index is 12.5. The summed E-state index contributed by atoms with van der Waals surface area (Å²) in [5.41, 5.74) is 3.01. The first-order valence-electron chi connectivity index (χ1n) is 9.62. The van der Waals surface area contributed by atoms with Gasteiger partial charge in [-0.3, -0.25) is 10.0 Å². The molecule has 2 heterocycles. The van der Waals surface area contributed by atoms with Gasteiger partial charge in [-0.15, -0.1) is 0 Å². The second-order valence-electron chi connectivity index (χ2n) is 6.85. The number of hydrogen-bond acceptors (Lipinski definition) is 6. The van der Waals surface area contributed by atoms with Crippen molar-refractivity contribution in [1.29, 1.82) is 0 Å². The second kappa shape index (κ2) is 10.3. The van der Waals surface area contributed by atoms with Crippen LogP contribution in [0.15, 0.2) is 48.7 Å². The largest absolute Gasteiger partial charge is 0.497 e. The Bertz CT molecular complexity index is 875. The minimum atomic E-state index is -0.597. The Kier molecular flexibility index (Phi) is 7.23. The molecule has 1 aromatic heterocycles. The number of hydrogen-bond donors (Lipinski definition) is 4. The van der Waals surface area contributed by atoms with Gasteiger partial charge in [0.1, 0.15) is 11.6 Å². The number of ether oxygens (including phenoxy) is 1. The molecule has 9 heteroatoms. The van der Waals surface area contributed by atoms with Crippen LogP contribution in [0.25, 0.3) is 6.08 Å². The van der Waals surface area contributed by atoms with Gasteiger partial charge in [-0.1, -0.05) is 0 Å². The van der Waals surface area contributed by atoms with Crippen molar-refractivity contribution in [3.05, 3.63) is 54.2 Å². The lowest BCUT2D eigenvalue weighted by Crippen LogP contribution is -2.44. The molecule has 1 aliphatic rings. The van der Waals surface area contributed by atoms with E-state index in [9.17, 15) is 9.59 Å². The van der Waals surface area contributed by atoms with Crippen LogP contribution >= 0.6 is 0 Å². The number of methoxy groups -OCH3 is 1. The van der Waals surface area contributed by atoms with E-state index in [-0.39, 0.29) is 12.1 Å². The van der Waals surface area contributed by atoms with E-state index in [0.29, 0.717) is 13.1 Å². The zero-order chi connectivity index (χ0) is 21.3. The van der Waals surface area contributed by atoms with E-state index in [1.54, 1.807) is 36.4 Å². The lowest BCUT2D eigenvalue weighted by Gasteiger charge is -2.32. The molecule has 0 aliphatic carbocycles. The number of hydroxylamine groups is 1. The Hall–Kier alpha value is -3.59. The van der Waals surface area contributed by atoms with E-state index in [4.69, 9.17) is 9.94 Å². The highest BCUT2D eigenvalue weighted by molar-refractivity contribution is 5.90. The van der Waals surface area contributed by atoms with Crippen LogP contribution in [0.2, 0.25) is 0 Å². The number of pyridine rings is 1. The van der Waals surface area contributed by atoms with Gasteiger partial charge in [0.25, 0.3) is 5.91 Å². The van der Waals surface area contributed by atoms with Gasteiger partial charge in [-0.25, -0.2) is 15.3 Å². The van der Waals surface area contributed by atoms with Crippen LogP contribution in [0.1, 0.15) is 18.4 Å². The first-order chi connectivity index (χ1) is 14.6. The van der Waals surface area contributed by atoms with Gasteiger partial charge in [0.15, 0.2) is 0 Å². The molecule has 0 spiro atoms. The lowest BCUT2D eigenvalue weighted by atomic mass is 10.1. The molecule has 9 nitrogen and oxygen atoms in total. The second-order valence-corrected chi connectivity index (χ2v) is 6.85. The van der Waals surface area contributed by atoms with Crippen LogP contribution in [0.3, 0.4) is 0 Å². The van der Waals surface area contributed by atoms with Crippen molar-refractivity contribution < 1.29 is 19.5 Å². The summed E-state index contributed by atoms with van der Waals surface area (Å²) in [4.78, 5) is 29.6. The third-order valence-corrected chi connectivity index (χ3v) is 4.80. The molecule has 0 atom stereocenters. The Morgan fingerprint density at radius 2 is 1.90 bits per heavy atom. The van der Waals surface area contributed by atoms with Crippen LogP contribution in [0, 0.1) is 0 Å². The summed E-state index contributed by atoms with van der Waals surface area (Å²) in [6.45, 7) is 1.30. The highest BCUT2D eigenvalue weighted by atomic mass is 16.5. The zero-order valence-corrected chi connectivity index (χ0v) is 16.7. The Morgan fingerprint density at radius 3 is 2.50 bits per heavy atom. The summed E-state index contributed by atoms with van der Waals surface area (Å²) >= 11 is 0. The molecule has 0 saturated carbocycles. The molecular formula is C21H25N5O4. The lowest BCUT2D eigenvalue weighted by molar-refractivity contribution is -0.124. The van der Waals surface area contributed by atoms with E-state index < -0.39 is 5.91 Å². The van der Waals surface area contributed by atoms with Gasteiger partial charge >= 0.3 is 6.03 Å². The summed E-state index contributed by atoms with van der Waals surface area (Å²) in [6, 6.07) is 11.0. The number of benzene rings is 1. The van der Waals surface area contributed by atoms with Crippen molar-refractivity contribution in [1.82, 2.24) is 15.4 Å². The molecule has 0 radical (unpaired) electrons. The highest BCUT2D eigenvalue weighted by Gasteiger charge is 2.23. The summed E-state index contributed by atoms with van der Waals surface area (Å²) in [7, 11) is 1.60. The summed E-state index contributed by atoms with van der Waals surface area (Å²) in [5, 5.41) is 14.8. The number of carbonyl (C=O) groups is 2. The summed E-state index contributed by atoms with van der Waals surface area (Å²) in [6.07, 6.45) is 6.05. The predicted octanol–water partition coefficient (Wildman–Crippen LogP) is 2.72. The number of nitrogens with one attached hydrogen (secondary N) is 3. The first-order valence-corrected chi connectivity index (χ1v) is 9.62. The third kappa shape index (κ3) is 5.95. The number of piperidine rings is 1. The van der Waals surface area contributed by atoms with Gasteiger partial charge in [0.05, 0.1) is 7.11 Å². The maximum Gasteiger partial charge on any atom is 0.321 e. The fraction of sp³-hybridized carbons (Fsp3) is 0.286. The molecule has 1 aromatic carbocycles. The van der Waals surface area contributed by atoms with E-state index in [1.807, 2.05) is 24.3 Å². The SMILES string of the molecule is COc1ccc(NC(=O)N2CCC(Nc3ccc(C=CC(=O)NO)cn3)CC2)cc1. The molecule has 1 aliphatic heterocycles. The predicted molar refractivity (Wildman–Crippen MR) is 113 cm³/mol. The maximum absolute atomic E-state index is 12.5. The van der Waals surface area contributed by atoms with Crippen molar-refractivity contribution >= 4 is 29.5 Å². The van der Waals surface area contributed by atoms with Crippen molar-refractivity contribution in [2.45, 2.75) is 18.9 Å². The minimum Gasteiger partial charge on any atom is -0.497 e. The van der Waals surface area contributed by atoms with Gasteiger partial charge in [-0.05, 0) is 60.9 Å². The normalized spacial score (nSPS) is 14.4. The number of urea groups is 1. The molecule has 158 valence electrons. The standard InChI is InChI=1S/C21H25N5O4/c1-30-18-6-4-16(5-7-18)24-21(28)26-12-10-17(11-13-26)23-19-8-2-15(14-22-19)3-9-20(27)25-29/h2-9,14,17,29H,10-13H2,1H3,(H,22,23)(H,24,28)(H,25,27). The first kappa shape index (κ1) is 21.1. The molecule has 3 rings (SSSR count). The molecule has 1 fully saturated rings. The summed E-state index contributed by atoms with van der Waals surface area (Å²) < 4.78 is 5.12. The molecular weight excluding hydrogens is 386 g/mol. The van der Waals surface area contributed by atoms with Crippen molar-refractivity contribution in [2.24, 2.45) is 0 Å². The molecule has 1 saturated heterocycles. The average Bonchev–Trinajstić information content (AvgIpc) is 2.79. The molecule has 4 N–H and O–H groups in total. The van der Waals surface area contributed by atoms with Crippen molar-refractivity contribution in [2.75, 3.05) is 30.8 Å². The van der Waals surface area contributed by atoms with E-state index in [1.165, 1.54) is 11.6 Å². The van der Waals surface area contributed by atoms with Gasteiger partial charge in [-0.2, -0.15) is 0 Å². The number of anilines is 2.